The standard InChI is InChI=1S/C16H19F3O3S/c1-10-5-11(7-12(6-10)16(17,18)19)15(20)8-13-3-2-4-14(9-15)23(13,21)22/h5-7,13-14,20H,2-4,8-9H2,1H3. The van der Waals surface area contributed by atoms with Crippen LogP contribution in [0.4, 0.5) is 13.2 Å². The summed E-state index contributed by atoms with van der Waals surface area (Å²) in [5.74, 6) is 0. The fourth-order valence-electron chi connectivity index (χ4n) is 3.90. The normalized spacial score (nSPS) is 33.4. The Morgan fingerprint density at radius 3 is 2.22 bits per heavy atom. The van der Waals surface area contributed by atoms with E-state index in [1.807, 2.05) is 0 Å². The average Bonchev–Trinajstić information content (AvgIpc) is 2.39. The molecule has 0 aromatic heterocycles. The van der Waals surface area contributed by atoms with Crippen molar-refractivity contribution in [2.24, 2.45) is 0 Å². The minimum atomic E-state index is -4.49. The molecule has 1 N–H and O–H groups in total. The molecule has 2 saturated heterocycles. The van der Waals surface area contributed by atoms with Crippen LogP contribution in [-0.4, -0.2) is 24.0 Å². The molecule has 2 aliphatic rings. The van der Waals surface area contributed by atoms with E-state index in [-0.39, 0.29) is 18.4 Å². The highest BCUT2D eigenvalue weighted by atomic mass is 32.2. The Morgan fingerprint density at radius 1 is 1.13 bits per heavy atom. The first-order chi connectivity index (χ1) is 10.5. The second-order valence-corrected chi connectivity index (χ2v) is 9.30. The summed E-state index contributed by atoms with van der Waals surface area (Å²) in [5.41, 5.74) is -1.73. The van der Waals surface area contributed by atoms with Gasteiger partial charge in [-0.25, -0.2) is 8.42 Å². The maximum Gasteiger partial charge on any atom is 0.416 e. The Hall–Kier alpha value is -1.08. The summed E-state index contributed by atoms with van der Waals surface area (Å²) >= 11 is 0. The van der Waals surface area contributed by atoms with Gasteiger partial charge in [-0.3, -0.25) is 0 Å². The third-order valence-electron chi connectivity index (χ3n) is 5.05. The summed E-state index contributed by atoms with van der Waals surface area (Å²) in [5, 5.41) is 9.65. The van der Waals surface area contributed by atoms with Gasteiger partial charge in [0.25, 0.3) is 0 Å². The van der Waals surface area contributed by atoms with Gasteiger partial charge >= 0.3 is 6.18 Å². The van der Waals surface area contributed by atoms with E-state index in [9.17, 15) is 26.7 Å². The summed E-state index contributed by atoms with van der Waals surface area (Å²) in [6.07, 6.45) is -2.81. The Labute approximate surface area is 133 Å². The number of aliphatic hydroxyl groups is 1. The van der Waals surface area contributed by atoms with Crippen molar-refractivity contribution in [3.8, 4) is 0 Å². The molecule has 3 rings (SSSR count). The van der Waals surface area contributed by atoms with Gasteiger partial charge in [-0.15, -0.1) is 0 Å². The van der Waals surface area contributed by atoms with Crippen molar-refractivity contribution in [2.75, 3.05) is 0 Å². The zero-order chi connectivity index (χ0) is 17.0. The zero-order valence-corrected chi connectivity index (χ0v) is 13.5. The Balaban J connectivity index is 2.03. The average molecular weight is 348 g/mol. The van der Waals surface area contributed by atoms with Crippen LogP contribution < -0.4 is 0 Å². The molecule has 128 valence electrons. The van der Waals surface area contributed by atoms with Crippen LogP contribution in [-0.2, 0) is 21.6 Å². The van der Waals surface area contributed by atoms with Gasteiger partial charge < -0.3 is 5.11 Å². The summed E-state index contributed by atoms with van der Waals surface area (Å²) in [4.78, 5) is 0. The summed E-state index contributed by atoms with van der Waals surface area (Å²) < 4.78 is 63.7. The Kier molecular flexibility index (Phi) is 3.80. The van der Waals surface area contributed by atoms with Gasteiger partial charge in [0.05, 0.1) is 21.7 Å². The van der Waals surface area contributed by atoms with E-state index in [1.54, 1.807) is 6.92 Å². The Bertz CT molecular complexity index is 705. The molecule has 2 unspecified atom stereocenters. The van der Waals surface area contributed by atoms with Crippen LogP contribution in [0.2, 0.25) is 0 Å². The van der Waals surface area contributed by atoms with E-state index in [0.717, 1.165) is 18.6 Å². The number of rotatable bonds is 1. The first-order valence-corrected chi connectivity index (χ1v) is 9.28. The van der Waals surface area contributed by atoms with Crippen LogP contribution in [0, 0.1) is 6.92 Å². The van der Waals surface area contributed by atoms with E-state index >= 15 is 0 Å². The number of alkyl halides is 3. The molecule has 0 aliphatic carbocycles. The van der Waals surface area contributed by atoms with Gasteiger partial charge in [0.15, 0.2) is 9.84 Å². The van der Waals surface area contributed by atoms with Crippen LogP contribution in [0.3, 0.4) is 0 Å². The predicted octanol–water partition coefficient (Wildman–Crippen LogP) is 3.33. The van der Waals surface area contributed by atoms with Crippen LogP contribution in [0.25, 0.3) is 0 Å². The maximum absolute atomic E-state index is 13.0. The lowest BCUT2D eigenvalue weighted by molar-refractivity contribution is -0.137. The highest BCUT2D eigenvalue weighted by Crippen LogP contribution is 2.47. The molecule has 1 aromatic carbocycles. The number of benzene rings is 1. The number of hydrogen-bond donors (Lipinski definition) is 1. The largest absolute Gasteiger partial charge is 0.416 e. The summed E-state index contributed by atoms with van der Waals surface area (Å²) in [7, 11) is -3.28. The smallest absolute Gasteiger partial charge is 0.385 e. The lowest BCUT2D eigenvalue weighted by Crippen LogP contribution is -2.50. The molecule has 0 spiro atoms. The first kappa shape index (κ1) is 16.8. The van der Waals surface area contributed by atoms with E-state index < -0.39 is 37.7 Å². The molecule has 3 nitrogen and oxygen atoms in total. The lowest BCUT2D eigenvalue weighted by Gasteiger charge is -2.44. The highest BCUT2D eigenvalue weighted by molar-refractivity contribution is 7.92. The van der Waals surface area contributed by atoms with Gasteiger partial charge in [0.2, 0.25) is 0 Å². The molecular formula is C16H19F3O3S. The van der Waals surface area contributed by atoms with Gasteiger partial charge in [0, 0.05) is 0 Å². The van der Waals surface area contributed by atoms with Crippen LogP contribution in [0.15, 0.2) is 18.2 Å². The molecule has 0 saturated carbocycles. The molecular weight excluding hydrogens is 329 g/mol. The van der Waals surface area contributed by atoms with Crippen molar-refractivity contribution < 1.29 is 26.7 Å². The molecule has 7 heteroatoms. The van der Waals surface area contributed by atoms with E-state index in [1.165, 1.54) is 6.07 Å². The molecule has 1 aromatic rings. The van der Waals surface area contributed by atoms with Crippen molar-refractivity contribution in [3.05, 3.63) is 34.9 Å². The second kappa shape index (κ2) is 5.21. The maximum atomic E-state index is 13.0. The van der Waals surface area contributed by atoms with E-state index in [0.29, 0.717) is 18.4 Å². The molecule has 2 fully saturated rings. The number of aryl methyl sites for hydroxylation is 1. The van der Waals surface area contributed by atoms with E-state index in [4.69, 9.17) is 0 Å². The van der Waals surface area contributed by atoms with Crippen LogP contribution in [0.5, 0.6) is 0 Å². The fourth-order valence-corrected chi connectivity index (χ4v) is 6.45. The van der Waals surface area contributed by atoms with Crippen molar-refractivity contribution in [2.45, 2.75) is 61.3 Å². The lowest BCUT2D eigenvalue weighted by atomic mass is 9.79. The van der Waals surface area contributed by atoms with Gasteiger partial charge in [-0.2, -0.15) is 13.2 Å². The highest BCUT2D eigenvalue weighted by Gasteiger charge is 2.51. The van der Waals surface area contributed by atoms with Crippen LogP contribution >= 0.6 is 0 Å². The minimum Gasteiger partial charge on any atom is -0.385 e. The summed E-state index contributed by atoms with van der Waals surface area (Å²) in [6.45, 7) is 1.54. The Morgan fingerprint density at radius 2 is 1.70 bits per heavy atom. The number of hydrogen-bond acceptors (Lipinski definition) is 3. The number of halogens is 3. The van der Waals surface area contributed by atoms with Gasteiger partial charge in [-0.05, 0) is 50.3 Å². The number of sulfone groups is 1. The topological polar surface area (TPSA) is 54.4 Å². The molecule has 2 bridgehead atoms. The van der Waals surface area contributed by atoms with Crippen LogP contribution in [0.1, 0.15) is 48.8 Å². The van der Waals surface area contributed by atoms with E-state index in [2.05, 4.69) is 0 Å². The zero-order valence-electron chi connectivity index (χ0n) is 12.7. The first-order valence-electron chi connectivity index (χ1n) is 7.67. The monoisotopic (exact) mass is 348 g/mol. The van der Waals surface area contributed by atoms with Crippen molar-refractivity contribution in [1.82, 2.24) is 0 Å². The molecule has 2 heterocycles. The van der Waals surface area contributed by atoms with Crippen molar-refractivity contribution >= 4 is 9.84 Å². The van der Waals surface area contributed by atoms with Gasteiger partial charge in [0.1, 0.15) is 0 Å². The van der Waals surface area contributed by atoms with Crippen molar-refractivity contribution in [3.63, 3.8) is 0 Å². The fraction of sp³-hybridized carbons (Fsp3) is 0.625. The van der Waals surface area contributed by atoms with Crippen molar-refractivity contribution in [1.29, 1.82) is 0 Å². The minimum absolute atomic E-state index is 0.0212. The molecule has 23 heavy (non-hydrogen) atoms. The quantitative estimate of drug-likeness (QED) is 0.847. The summed E-state index contributed by atoms with van der Waals surface area (Å²) in [6, 6.07) is 3.52. The molecule has 0 radical (unpaired) electrons. The SMILES string of the molecule is Cc1cc(C(F)(F)F)cc(C2(O)CC3CCCC(C2)S3(=O)=O)c1. The third-order valence-corrected chi connectivity index (χ3v) is 7.72. The van der Waals surface area contributed by atoms with Gasteiger partial charge in [-0.1, -0.05) is 18.1 Å². The predicted molar refractivity (Wildman–Crippen MR) is 79.7 cm³/mol. The second-order valence-electron chi connectivity index (χ2n) is 6.79. The molecule has 0 amide bonds. The molecule has 2 aliphatic heterocycles. The molecule has 2 atom stereocenters. The number of fused-ring (bicyclic) bond motifs is 2. The third kappa shape index (κ3) is 2.89.